The van der Waals surface area contributed by atoms with E-state index in [-0.39, 0.29) is 17.1 Å². The Labute approximate surface area is 119 Å². The molecule has 0 saturated carbocycles. The van der Waals surface area contributed by atoms with E-state index < -0.39 is 5.97 Å². The summed E-state index contributed by atoms with van der Waals surface area (Å²) in [6.45, 7) is 6.45. The van der Waals surface area contributed by atoms with Gasteiger partial charge >= 0.3 is 12.0 Å². The summed E-state index contributed by atoms with van der Waals surface area (Å²) >= 11 is 0. The number of amides is 2. The van der Waals surface area contributed by atoms with Crippen molar-refractivity contribution in [1.29, 1.82) is 0 Å². The van der Waals surface area contributed by atoms with E-state index in [4.69, 9.17) is 5.11 Å². The Bertz CT molecular complexity index is 465. The molecule has 20 heavy (non-hydrogen) atoms. The molecule has 1 aromatic carbocycles. The minimum atomic E-state index is -0.955. The highest BCUT2D eigenvalue weighted by molar-refractivity contribution is 5.87. The number of nitrogens with one attached hydrogen (secondary N) is 2. The molecule has 0 aliphatic rings. The fourth-order valence-corrected chi connectivity index (χ4v) is 1.69. The molecule has 5 nitrogen and oxygen atoms in total. The van der Waals surface area contributed by atoms with Crippen LogP contribution in [0.4, 0.5) is 4.79 Å². The number of hydrogen-bond acceptors (Lipinski definition) is 2. The van der Waals surface area contributed by atoms with Crippen LogP contribution in [-0.2, 0) is 6.54 Å². The number of aromatic carboxylic acids is 1. The summed E-state index contributed by atoms with van der Waals surface area (Å²) in [6.07, 6.45) is 1.73. The highest BCUT2D eigenvalue weighted by Gasteiger charge is 2.21. The fourth-order valence-electron chi connectivity index (χ4n) is 1.69. The molecule has 0 saturated heterocycles. The normalized spacial score (nSPS) is 10.9. The first kappa shape index (κ1) is 16.0. The first-order chi connectivity index (χ1) is 9.40. The van der Waals surface area contributed by atoms with Crippen molar-refractivity contribution >= 4 is 12.0 Å². The van der Waals surface area contributed by atoms with E-state index in [1.165, 1.54) is 12.1 Å². The molecule has 0 bridgehead atoms. The van der Waals surface area contributed by atoms with E-state index in [9.17, 15) is 9.59 Å². The van der Waals surface area contributed by atoms with Gasteiger partial charge in [0.1, 0.15) is 0 Å². The third-order valence-corrected chi connectivity index (χ3v) is 3.63. The number of rotatable bonds is 6. The maximum atomic E-state index is 11.8. The van der Waals surface area contributed by atoms with E-state index in [1.54, 1.807) is 12.1 Å². The smallest absolute Gasteiger partial charge is 0.335 e. The summed E-state index contributed by atoms with van der Waals surface area (Å²) in [6, 6.07) is 6.24. The van der Waals surface area contributed by atoms with Crippen LogP contribution in [-0.4, -0.2) is 22.6 Å². The molecule has 1 aromatic rings. The van der Waals surface area contributed by atoms with Crippen LogP contribution in [0, 0.1) is 0 Å². The zero-order valence-corrected chi connectivity index (χ0v) is 12.2. The predicted octanol–water partition coefficient (Wildman–Crippen LogP) is 2.76. The van der Waals surface area contributed by atoms with Crippen molar-refractivity contribution in [2.45, 2.75) is 45.7 Å². The first-order valence-corrected chi connectivity index (χ1v) is 6.78. The number of benzene rings is 1. The van der Waals surface area contributed by atoms with Crippen molar-refractivity contribution in [2.75, 3.05) is 0 Å². The molecule has 0 radical (unpaired) electrons. The molecule has 2 amide bonds. The summed E-state index contributed by atoms with van der Waals surface area (Å²) in [5, 5.41) is 14.5. The Morgan fingerprint density at radius 1 is 1.15 bits per heavy atom. The van der Waals surface area contributed by atoms with Gasteiger partial charge in [0, 0.05) is 12.1 Å². The molecule has 0 aliphatic carbocycles. The molecule has 0 aromatic heterocycles. The largest absolute Gasteiger partial charge is 0.478 e. The Hall–Kier alpha value is -2.04. The van der Waals surface area contributed by atoms with Crippen LogP contribution in [0.2, 0.25) is 0 Å². The number of carboxylic acid groups (broad SMARTS) is 1. The Morgan fingerprint density at radius 3 is 2.15 bits per heavy atom. The van der Waals surface area contributed by atoms with Crippen molar-refractivity contribution in [3.63, 3.8) is 0 Å². The van der Waals surface area contributed by atoms with Gasteiger partial charge in [-0.3, -0.25) is 0 Å². The average molecular weight is 278 g/mol. The quantitative estimate of drug-likeness (QED) is 0.748. The van der Waals surface area contributed by atoms with Crippen molar-refractivity contribution in [2.24, 2.45) is 0 Å². The van der Waals surface area contributed by atoms with Crippen LogP contribution in [0.3, 0.4) is 0 Å². The molecular weight excluding hydrogens is 256 g/mol. The van der Waals surface area contributed by atoms with Gasteiger partial charge in [-0.2, -0.15) is 0 Å². The van der Waals surface area contributed by atoms with Crippen LogP contribution in [0.5, 0.6) is 0 Å². The number of hydrogen-bond donors (Lipinski definition) is 3. The molecule has 0 heterocycles. The molecule has 0 atom stereocenters. The summed E-state index contributed by atoms with van der Waals surface area (Å²) in [4.78, 5) is 22.5. The Kier molecular flexibility index (Phi) is 5.55. The van der Waals surface area contributed by atoms with Gasteiger partial charge in [0.25, 0.3) is 0 Å². The van der Waals surface area contributed by atoms with E-state index in [0.29, 0.717) is 6.54 Å². The highest BCUT2D eigenvalue weighted by Crippen LogP contribution is 2.13. The van der Waals surface area contributed by atoms with Crippen LogP contribution >= 0.6 is 0 Å². The second-order valence-corrected chi connectivity index (χ2v) is 5.08. The van der Waals surface area contributed by atoms with Crippen molar-refractivity contribution in [1.82, 2.24) is 10.6 Å². The maximum absolute atomic E-state index is 11.8. The molecule has 3 N–H and O–H groups in total. The highest BCUT2D eigenvalue weighted by atomic mass is 16.4. The first-order valence-electron chi connectivity index (χ1n) is 6.78. The zero-order valence-electron chi connectivity index (χ0n) is 12.2. The van der Waals surface area contributed by atoms with Gasteiger partial charge in [-0.15, -0.1) is 0 Å². The van der Waals surface area contributed by atoms with Gasteiger partial charge in [0.15, 0.2) is 0 Å². The molecule has 0 unspecified atom stereocenters. The standard InChI is InChI=1S/C15H22N2O3/c1-4-15(3,5-2)17-14(20)16-10-11-6-8-12(9-7-11)13(18)19/h6-9H,4-5,10H2,1-3H3,(H,18,19)(H2,16,17,20). The second kappa shape index (κ2) is 6.93. The molecule has 0 spiro atoms. The van der Waals surface area contributed by atoms with Gasteiger partial charge in [-0.25, -0.2) is 9.59 Å². The lowest BCUT2D eigenvalue weighted by Gasteiger charge is -2.28. The third-order valence-electron chi connectivity index (χ3n) is 3.63. The van der Waals surface area contributed by atoms with Gasteiger partial charge in [-0.1, -0.05) is 26.0 Å². The zero-order chi connectivity index (χ0) is 15.2. The molecule has 0 aliphatic heterocycles. The van der Waals surface area contributed by atoms with Crippen LogP contribution in [0.15, 0.2) is 24.3 Å². The van der Waals surface area contributed by atoms with Gasteiger partial charge in [-0.05, 0) is 37.5 Å². The lowest BCUT2D eigenvalue weighted by molar-refractivity contribution is 0.0697. The summed E-state index contributed by atoms with van der Waals surface area (Å²) in [7, 11) is 0. The summed E-state index contributed by atoms with van der Waals surface area (Å²) in [5.74, 6) is -0.955. The lowest BCUT2D eigenvalue weighted by Crippen LogP contribution is -2.49. The Balaban J connectivity index is 2.50. The van der Waals surface area contributed by atoms with E-state index in [2.05, 4.69) is 10.6 Å². The van der Waals surface area contributed by atoms with Crippen LogP contribution in [0.25, 0.3) is 0 Å². The predicted molar refractivity (Wildman–Crippen MR) is 77.8 cm³/mol. The van der Waals surface area contributed by atoms with Gasteiger partial charge in [0.05, 0.1) is 5.56 Å². The minimum absolute atomic E-state index is 0.197. The fraction of sp³-hybridized carbons (Fsp3) is 0.467. The van der Waals surface area contributed by atoms with Gasteiger partial charge < -0.3 is 15.7 Å². The SMILES string of the molecule is CCC(C)(CC)NC(=O)NCc1ccc(C(=O)O)cc1. The van der Waals surface area contributed by atoms with Crippen LogP contribution < -0.4 is 10.6 Å². The molecule has 5 heteroatoms. The maximum Gasteiger partial charge on any atom is 0.335 e. The van der Waals surface area contributed by atoms with Gasteiger partial charge in [0.2, 0.25) is 0 Å². The molecular formula is C15H22N2O3. The van der Waals surface area contributed by atoms with Crippen molar-refractivity contribution in [3.05, 3.63) is 35.4 Å². The molecule has 1 rings (SSSR count). The average Bonchev–Trinajstić information content (AvgIpc) is 2.45. The third kappa shape index (κ3) is 4.57. The molecule has 0 fully saturated rings. The topological polar surface area (TPSA) is 78.4 Å². The number of carbonyl (C=O) groups is 2. The number of carboxylic acids is 1. The second-order valence-electron chi connectivity index (χ2n) is 5.08. The minimum Gasteiger partial charge on any atom is -0.478 e. The number of carbonyl (C=O) groups excluding carboxylic acids is 1. The van der Waals surface area contributed by atoms with Crippen LogP contribution in [0.1, 0.15) is 49.5 Å². The van der Waals surface area contributed by atoms with E-state index in [1.807, 2.05) is 20.8 Å². The van der Waals surface area contributed by atoms with E-state index in [0.717, 1.165) is 18.4 Å². The van der Waals surface area contributed by atoms with Crippen molar-refractivity contribution < 1.29 is 14.7 Å². The van der Waals surface area contributed by atoms with Crippen molar-refractivity contribution in [3.8, 4) is 0 Å². The summed E-state index contributed by atoms with van der Waals surface area (Å²) in [5.41, 5.74) is 0.902. The summed E-state index contributed by atoms with van der Waals surface area (Å²) < 4.78 is 0. The lowest BCUT2D eigenvalue weighted by atomic mass is 9.96. The Morgan fingerprint density at radius 2 is 1.70 bits per heavy atom. The van der Waals surface area contributed by atoms with E-state index >= 15 is 0 Å². The monoisotopic (exact) mass is 278 g/mol. The molecule has 110 valence electrons. The number of urea groups is 1.